The van der Waals surface area contributed by atoms with E-state index < -0.39 is 0 Å². The van der Waals surface area contributed by atoms with E-state index in [-0.39, 0.29) is 18.2 Å². The maximum atomic E-state index is 12.5. The number of carbonyl (C=O) groups is 1. The molecule has 5 rings (SSSR count). The summed E-state index contributed by atoms with van der Waals surface area (Å²) in [6, 6.07) is 9.01. The molecule has 10 heteroatoms. The summed E-state index contributed by atoms with van der Waals surface area (Å²) in [5, 5.41) is 20.7. The van der Waals surface area contributed by atoms with Crippen LogP contribution < -0.4 is 5.32 Å². The highest BCUT2D eigenvalue weighted by atomic mass is 35.5. The number of fused-ring (bicyclic) bond motifs is 2. The first kappa shape index (κ1) is 17.2. The lowest BCUT2D eigenvalue weighted by Crippen LogP contribution is -2.25. The van der Waals surface area contributed by atoms with Gasteiger partial charge < -0.3 is 5.32 Å². The van der Waals surface area contributed by atoms with Gasteiger partial charge in [0.25, 0.3) is 0 Å². The molecule has 0 saturated heterocycles. The maximum Gasteiger partial charge on any atom is 0.226 e. The van der Waals surface area contributed by atoms with Crippen LogP contribution in [0.2, 0.25) is 10.0 Å². The van der Waals surface area contributed by atoms with Gasteiger partial charge in [0.15, 0.2) is 11.5 Å². The third-order valence-corrected chi connectivity index (χ3v) is 5.66. The number of nitrogens with one attached hydrogen (secondary N) is 1. The topological polar surface area (TPSA) is 90.0 Å². The summed E-state index contributed by atoms with van der Waals surface area (Å²) in [4.78, 5) is 12.5. The molecule has 1 aromatic carbocycles. The SMILES string of the molecule is Cc1nn(-c2ccc3nncn3n2)c2c1C(c1cccc(Cl)c1Cl)CC(=O)N2. The largest absolute Gasteiger partial charge is 0.310 e. The number of carbonyl (C=O) groups excluding carboxylic acids is 1. The molecule has 0 aliphatic carbocycles. The van der Waals surface area contributed by atoms with E-state index in [4.69, 9.17) is 23.2 Å². The Labute approximate surface area is 169 Å². The van der Waals surface area contributed by atoms with Crippen molar-refractivity contribution in [1.82, 2.24) is 29.6 Å². The summed E-state index contributed by atoms with van der Waals surface area (Å²) in [5.41, 5.74) is 3.10. The lowest BCUT2D eigenvalue weighted by Gasteiger charge is -2.25. The number of amides is 1. The van der Waals surface area contributed by atoms with Crippen LogP contribution in [0.25, 0.3) is 11.5 Å². The molecule has 8 nitrogen and oxygen atoms in total. The molecule has 3 aromatic heterocycles. The normalized spacial score (nSPS) is 16.2. The molecule has 1 aliphatic heterocycles. The van der Waals surface area contributed by atoms with Gasteiger partial charge >= 0.3 is 0 Å². The van der Waals surface area contributed by atoms with Crippen molar-refractivity contribution in [3.63, 3.8) is 0 Å². The average molecular weight is 414 g/mol. The van der Waals surface area contributed by atoms with E-state index in [2.05, 4.69) is 25.7 Å². The zero-order valence-electron chi connectivity index (χ0n) is 14.6. The van der Waals surface area contributed by atoms with Gasteiger partial charge in [0, 0.05) is 17.9 Å². The second-order valence-electron chi connectivity index (χ2n) is 6.53. The number of aryl methyl sites for hydroxylation is 1. The van der Waals surface area contributed by atoms with Crippen LogP contribution in [0.5, 0.6) is 0 Å². The molecule has 0 radical (unpaired) electrons. The Bertz CT molecular complexity index is 1250. The predicted octanol–water partition coefficient (Wildman–Crippen LogP) is 3.40. The van der Waals surface area contributed by atoms with Crippen LogP contribution in [0, 0.1) is 6.92 Å². The van der Waals surface area contributed by atoms with Gasteiger partial charge in [-0.3, -0.25) is 4.79 Å². The van der Waals surface area contributed by atoms with Crippen LogP contribution >= 0.6 is 23.2 Å². The molecule has 28 heavy (non-hydrogen) atoms. The van der Waals surface area contributed by atoms with Crippen molar-refractivity contribution in [1.29, 1.82) is 0 Å². The summed E-state index contributed by atoms with van der Waals surface area (Å²) in [7, 11) is 0. The molecule has 1 unspecified atom stereocenters. The molecule has 4 aromatic rings. The third-order valence-electron chi connectivity index (χ3n) is 4.82. The van der Waals surface area contributed by atoms with Gasteiger partial charge in [-0.25, -0.2) is 0 Å². The summed E-state index contributed by atoms with van der Waals surface area (Å²) < 4.78 is 3.17. The quantitative estimate of drug-likeness (QED) is 0.543. The predicted molar refractivity (Wildman–Crippen MR) is 104 cm³/mol. The fourth-order valence-electron chi connectivity index (χ4n) is 3.60. The van der Waals surface area contributed by atoms with Crippen LogP contribution in [-0.4, -0.2) is 35.5 Å². The monoisotopic (exact) mass is 413 g/mol. The first-order valence-corrected chi connectivity index (χ1v) is 9.29. The minimum absolute atomic E-state index is 0.125. The highest BCUT2D eigenvalue weighted by molar-refractivity contribution is 6.42. The lowest BCUT2D eigenvalue weighted by atomic mass is 9.86. The Morgan fingerprint density at radius 2 is 2.04 bits per heavy atom. The first-order valence-electron chi connectivity index (χ1n) is 8.53. The zero-order chi connectivity index (χ0) is 19.4. The van der Waals surface area contributed by atoms with Crippen molar-refractivity contribution in [2.24, 2.45) is 0 Å². The molecule has 0 fully saturated rings. The van der Waals surface area contributed by atoms with E-state index in [1.54, 1.807) is 27.4 Å². The number of benzene rings is 1. The molecule has 0 saturated carbocycles. The second-order valence-corrected chi connectivity index (χ2v) is 7.32. The number of nitrogens with zero attached hydrogens (tertiary/aromatic N) is 6. The smallest absolute Gasteiger partial charge is 0.226 e. The number of anilines is 1. The fourth-order valence-corrected chi connectivity index (χ4v) is 4.04. The number of hydrogen-bond acceptors (Lipinski definition) is 5. The highest BCUT2D eigenvalue weighted by Crippen LogP contribution is 2.43. The van der Waals surface area contributed by atoms with Gasteiger partial charge in [0.2, 0.25) is 5.91 Å². The van der Waals surface area contributed by atoms with Crippen molar-refractivity contribution >= 4 is 40.6 Å². The molecular weight excluding hydrogens is 401 g/mol. The van der Waals surface area contributed by atoms with E-state index in [9.17, 15) is 4.79 Å². The van der Waals surface area contributed by atoms with Crippen LogP contribution in [-0.2, 0) is 4.79 Å². The summed E-state index contributed by atoms with van der Waals surface area (Å²) >= 11 is 12.7. The molecule has 4 heterocycles. The van der Waals surface area contributed by atoms with Crippen LogP contribution in [0.15, 0.2) is 36.7 Å². The van der Waals surface area contributed by atoms with Crippen LogP contribution in [0.1, 0.15) is 29.2 Å². The van der Waals surface area contributed by atoms with Crippen molar-refractivity contribution in [2.75, 3.05) is 5.32 Å². The standard InChI is InChI=1S/C18H13Cl2N7O/c1-9-16-11(10-3-2-4-12(19)17(10)20)7-15(28)22-18(16)27(24-9)14-6-5-13-23-21-8-26(13)25-14/h2-6,8,11H,7H2,1H3,(H,22,28). The van der Waals surface area contributed by atoms with Gasteiger partial charge in [-0.1, -0.05) is 35.3 Å². The Balaban J connectivity index is 1.70. The Hall–Kier alpha value is -2.97. The van der Waals surface area contributed by atoms with E-state index >= 15 is 0 Å². The number of aromatic nitrogens is 6. The third kappa shape index (κ3) is 2.56. The number of halogens is 2. The lowest BCUT2D eigenvalue weighted by molar-refractivity contribution is -0.116. The first-order chi connectivity index (χ1) is 13.5. The highest BCUT2D eigenvalue weighted by Gasteiger charge is 2.34. The van der Waals surface area contributed by atoms with E-state index in [0.717, 1.165) is 16.8 Å². The van der Waals surface area contributed by atoms with Crippen molar-refractivity contribution < 1.29 is 4.79 Å². The molecule has 1 N–H and O–H groups in total. The van der Waals surface area contributed by atoms with Gasteiger partial charge in [0.1, 0.15) is 12.1 Å². The number of hydrogen-bond donors (Lipinski definition) is 1. The molecular formula is C18H13Cl2N7O. The molecule has 140 valence electrons. The number of rotatable bonds is 2. The molecule has 1 amide bonds. The van der Waals surface area contributed by atoms with Crippen molar-refractivity contribution in [3.05, 3.63) is 63.5 Å². The zero-order valence-corrected chi connectivity index (χ0v) is 16.1. The van der Waals surface area contributed by atoms with Crippen molar-refractivity contribution in [2.45, 2.75) is 19.3 Å². The second kappa shape index (κ2) is 6.29. The average Bonchev–Trinajstić information content (AvgIpc) is 3.27. The van der Waals surface area contributed by atoms with Gasteiger partial charge in [0.05, 0.1) is 15.7 Å². The summed E-state index contributed by atoms with van der Waals surface area (Å²) in [6.07, 6.45) is 1.77. The minimum Gasteiger partial charge on any atom is -0.310 e. The maximum absolute atomic E-state index is 12.5. The Morgan fingerprint density at radius 1 is 1.18 bits per heavy atom. The minimum atomic E-state index is -0.248. The Morgan fingerprint density at radius 3 is 2.89 bits per heavy atom. The molecule has 0 bridgehead atoms. The molecule has 1 aliphatic rings. The summed E-state index contributed by atoms with van der Waals surface area (Å²) in [6.45, 7) is 1.90. The fraction of sp³-hybridized carbons (Fsp3) is 0.167. The molecule has 0 spiro atoms. The Kier molecular flexibility index (Phi) is 3.85. The van der Waals surface area contributed by atoms with E-state index in [0.29, 0.717) is 27.3 Å². The van der Waals surface area contributed by atoms with Gasteiger partial charge in [-0.05, 0) is 30.7 Å². The van der Waals surface area contributed by atoms with Gasteiger partial charge in [-0.2, -0.15) is 14.3 Å². The summed E-state index contributed by atoms with van der Waals surface area (Å²) in [5.74, 6) is 0.743. The van der Waals surface area contributed by atoms with E-state index in [1.807, 2.05) is 19.1 Å². The molecule has 1 atom stereocenters. The van der Waals surface area contributed by atoms with Crippen LogP contribution in [0.4, 0.5) is 5.82 Å². The van der Waals surface area contributed by atoms with E-state index in [1.165, 1.54) is 6.33 Å². The van der Waals surface area contributed by atoms with Crippen LogP contribution in [0.3, 0.4) is 0 Å². The van der Waals surface area contributed by atoms with Crippen molar-refractivity contribution in [3.8, 4) is 5.82 Å². The van der Waals surface area contributed by atoms with Gasteiger partial charge in [-0.15, -0.1) is 15.3 Å².